The first-order chi connectivity index (χ1) is 15.1. The number of methoxy groups -OCH3 is 1. The molecule has 1 unspecified atom stereocenters. The number of para-hydroxylation sites is 1. The lowest BCUT2D eigenvalue weighted by Gasteiger charge is -2.33. The van der Waals surface area contributed by atoms with Gasteiger partial charge in [-0.2, -0.15) is 5.26 Å². The molecule has 2 aromatic rings. The standard InChI is InChI=1S/C25H29N3O3/c1-31-22-14-12-20(13-15-22)25(30)28(21-10-6-3-7-11-21)18-23(24(29)27-17-16-26)19-8-4-2-5-9-19/h3,6-7,10-15,19,23H,2,4-5,8-9,17-18H2,1H3,(H,27,29). The third-order valence-electron chi connectivity index (χ3n) is 5.93. The van der Waals surface area contributed by atoms with Crippen LogP contribution >= 0.6 is 0 Å². The number of anilines is 1. The fourth-order valence-electron chi connectivity index (χ4n) is 4.24. The molecule has 6 nitrogen and oxygen atoms in total. The number of nitriles is 1. The van der Waals surface area contributed by atoms with Gasteiger partial charge in [-0.25, -0.2) is 0 Å². The number of ether oxygens (including phenoxy) is 1. The maximum Gasteiger partial charge on any atom is 0.258 e. The number of carbonyl (C=O) groups is 2. The summed E-state index contributed by atoms with van der Waals surface area (Å²) in [5, 5.41) is 11.6. The summed E-state index contributed by atoms with van der Waals surface area (Å²) >= 11 is 0. The second-order valence-electron chi connectivity index (χ2n) is 7.86. The molecule has 0 saturated heterocycles. The summed E-state index contributed by atoms with van der Waals surface area (Å²) in [6.07, 6.45) is 5.28. The summed E-state index contributed by atoms with van der Waals surface area (Å²) in [6, 6.07) is 18.4. The zero-order chi connectivity index (χ0) is 22.1. The van der Waals surface area contributed by atoms with Gasteiger partial charge < -0.3 is 15.0 Å². The van der Waals surface area contributed by atoms with Crippen molar-refractivity contribution >= 4 is 17.5 Å². The van der Waals surface area contributed by atoms with Crippen molar-refractivity contribution in [2.75, 3.05) is 25.1 Å². The van der Waals surface area contributed by atoms with E-state index in [1.807, 2.05) is 36.4 Å². The minimum absolute atomic E-state index is 0.0280. The number of hydrogen-bond donors (Lipinski definition) is 1. The molecule has 2 amide bonds. The van der Waals surface area contributed by atoms with Crippen LogP contribution in [0.25, 0.3) is 0 Å². The molecule has 1 aliphatic rings. The van der Waals surface area contributed by atoms with Gasteiger partial charge in [0.2, 0.25) is 5.91 Å². The molecule has 2 aromatic carbocycles. The number of rotatable bonds is 8. The van der Waals surface area contributed by atoms with Crippen molar-refractivity contribution in [1.82, 2.24) is 5.32 Å². The first kappa shape index (κ1) is 22.4. The van der Waals surface area contributed by atoms with Gasteiger partial charge in [0.15, 0.2) is 0 Å². The largest absolute Gasteiger partial charge is 0.497 e. The zero-order valence-corrected chi connectivity index (χ0v) is 17.9. The molecule has 0 radical (unpaired) electrons. The molecule has 0 bridgehead atoms. The second-order valence-corrected chi connectivity index (χ2v) is 7.86. The van der Waals surface area contributed by atoms with E-state index in [-0.39, 0.29) is 36.7 Å². The summed E-state index contributed by atoms with van der Waals surface area (Å²) in [5.41, 5.74) is 1.28. The minimum Gasteiger partial charge on any atom is -0.497 e. The van der Waals surface area contributed by atoms with E-state index in [0.717, 1.165) is 31.4 Å². The Morgan fingerprint density at radius 3 is 2.39 bits per heavy atom. The predicted molar refractivity (Wildman–Crippen MR) is 120 cm³/mol. The van der Waals surface area contributed by atoms with Gasteiger partial charge in [0.25, 0.3) is 5.91 Å². The molecule has 0 heterocycles. The molecule has 1 aliphatic carbocycles. The van der Waals surface area contributed by atoms with Crippen molar-refractivity contribution in [3.8, 4) is 11.8 Å². The van der Waals surface area contributed by atoms with Gasteiger partial charge in [-0.05, 0) is 55.2 Å². The molecular formula is C25H29N3O3. The second kappa shape index (κ2) is 11.2. The summed E-state index contributed by atoms with van der Waals surface area (Å²) in [4.78, 5) is 28.2. The van der Waals surface area contributed by atoms with Gasteiger partial charge in [0.05, 0.1) is 19.1 Å². The van der Waals surface area contributed by atoms with Gasteiger partial charge in [-0.15, -0.1) is 0 Å². The first-order valence-electron chi connectivity index (χ1n) is 10.8. The van der Waals surface area contributed by atoms with E-state index < -0.39 is 0 Å². The number of nitrogens with one attached hydrogen (secondary N) is 1. The molecule has 31 heavy (non-hydrogen) atoms. The van der Waals surface area contributed by atoms with Gasteiger partial charge in [0, 0.05) is 17.8 Å². The summed E-state index contributed by atoms with van der Waals surface area (Å²) in [5.74, 6) is 0.191. The Kier molecular flexibility index (Phi) is 8.05. The number of hydrogen-bond acceptors (Lipinski definition) is 4. The van der Waals surface area contributed by atoms with Crippen molar-refractivity contribution < 1.29 is 14.3 Å². The van der Waals surface area contributed by atoms with Crippen LogP contribution < -0.4 is 15.0 Å². The van der Waals surface area contributed by atoms with Crippen LogP contribution in [0.15, 0.2) is 54.6 Å². The molecule has 1 fully saturated rings. The van der Waals surface area contributed by atoms with E-state index in [1.54, 1.807) is 36.3 Å². The zero-order valence-electron chi connectivity index (χ0n) is 17.9. The Hall–Kier alpha value is -3.33. The van der Waals surface area contributed by atoms with E-state index in [1.165, 1.54) is 6.42 Å². The fraction of sp³-hybridized carbons (Fsp3) is 0.400. The molecule has 1 N–H and O–H groups in total. The van der Waals surface area contributed by atoms with Crippen molar-refractivity contribution in [2.45, 2.75) is 32.1 Å². The molecule has 0 aromatic heterocycles. The summed E-state index contributed by atoms with van der Waals surface area (Å²) < 4.78 is 5.20. The van der Waals surface area contributed by atoms with Gasteiger partial charge in [-0.1, -0.05) is 37.5 Å². The molecule has 3 rings (SSSR count). The van der Waals surface area contributed by atoms with E-state index in [0.29, 0.717) is 11.3 Å². The Labute approximate surface area is 183 Å². The highest BCUT2D eigenvalue weighted by Crippen LogP contribution is 2.32. The number of carbonyl (C=O) groups excluding carboxylic acids is 2. The Morgan fingerprint density at radius 2 is 1.77 bits per heavy atom. The molecular weight excluding hydrogens is 390 g/mol. The Bertz CT molecular complexity index is 900. The molecule has 1 saturated carbocycles. The maximum absolute atomic E-state index is 13.5. The lowest BCUT2D eigenvalue weighted by molar-refractivity contribution is -0.126. The topological polar surface area (TPSA) is 82.4 Å². The number of benzene rings is 2. The van der Waals surface area contributed by atoms with Crippen LogP contribution in [0.2, 0.25) is 0 Å². The molecule has 162 valence electrons. The van der Waals surface area contributed by atoms with Gasteiger partial charge >= 0.3 is 0 Å². The van der Waals surface area contributed by atoms with Crippen LogP contribution in [0.3, 0.4) is 0 Å². The lowest BCUT2D eigenvalue weighted by atomic mass is 9.79. The fourth-order valence-corrected chi connectivity index (χ4v) is 4.24. The molecule has 0 spiro atoms. The van der Waals surface area contributed by atoms with Crippen molar-refractivity contribution in [1.29, 1.82) is 5.26 Å². The molecule has 0 aliphatic heterocycles. The Balaban J connectivity index is 1.91. The average Bonchev–Trinajstić information content (AvgIpc) is 2.84. The third-order valence-corrected chi connectivity index (χ3v) is 5.93. The number of amides is 2. The molecule has 6 heteroatoms. The van der Waals surface area contributed by atoms with Gasteiger partial charge in [0.1, 0.15) is 12.3 Å². The van der Waals surface area contributed by atoms with Crippen LogP contribution in [0, 0.1) is 23.2 Å². The van der Waals surface area contributed by atoms with E-state index >= 15 is 0 Å². The van der Waals surface area contributed by atoms with Crippen LogP contribution in [-0.2, 0) is 4.79 Å². The van der Waals surface area contributed by atoms with E-state index in [2.05, 4.69) is 5.32 Å². The average molecular weight is 420 g/mol. The van der Waals surface area contributed by atoms with E-state index in [4.69, 9.17) is 10.00 Å². The summed E-state index contributed by atoms with van der Waals surface area (Å²) in [6.45, 7) is 0.247. The maximum atomic E-state index is 13.5. The third kappa shape index (κ3) is 5.85. The summed E-state index contributed by atoms with van der Waals surface area (Å²) in [7, 11) is 1.59. The van der Waals surface area contributed by atoms with Crippen molar-refractivity contribution in [3.05, 3.63) is 60.2 Å². The van der Waals surface area contributed by atoms with Crippen LogP contribution in [-0.4, -0.2) is 32.0 Å². The number of nitrogens with zero attached hydrogens (tertiary/aromatic N) is 2. The highest BCUT2D eigenvalue weighted by molar-refractivity contribution is 6.06. The monoisotopic (exact) mass is 419 g/mol. The van der Waals surface area contributed by atoms with Crippen molar-refractivity contribution in [3.63, 3.8) is 0 Å². The first-order valence-corrected chi connectivity index (χ1v) is 10.8. The normalized spacial score (nSPS) is 14.8. The van der Waals surface area contributed by atoms with Crippen LogP contribution in [0.5, 0.6) is 5.75 Å². The predicted octanol–water partition coefficient (Wildman–Crippen LogP) is 4.18. The van der Waals surface area contributed by atoms with Crippen LogP contribution in [0.4, 0.5) is 5.69 Å². The SMILES string of the molecule is COc1ccc(C(=O)N(CC(C(=O)NCC#N)C2CCCCC2)c2ccccc2)cc1. The minimum atomic E-state index is -0.365. The lowest BCUT2D eigenvalue weighted by Crippen LogP contribution is -2.45. The molecule has 1 atom stereocenters. The highest BCUT2D eigenvalue weighted by atomic mass is 16.5. The van der Waals surface area contributed by atoms with Gasteiger partial charge in [-0.3, -0.25) is 9.59 Å². The van der Waals surface area contributed by atoms with E-state index in [9.17, 15) is 9.59 Å². The quantitative estimate of drug-likeness (QED) is 0.651. The smallest absolute Gasteiger partial charge is 0.258 e. The van der Waals surface area contributed by atoms with Crippen molar-refractivity contribution in [2.24, 2.45) is 11.8 Å². The van der Waals surface area contributed by atoms with Crippen LogP contribution in [0.1, 0.15) is 42.5 Å². The Morgan fingerprint density at radius 1 is 1.10 bits per heavy atom. The highest BCUT2D eigenvalue weighted by Gasteiger charge is 2.33.